The first-order valence-electron chi connectivity index (χ1n) is 6.42. The Morgan fingerprint density at radius 3 is 2.89 bits per heavy atom. The fourth-order valence-electron chi connectivity index (χ4n) is 1.95. The van der Waals surface area contributed by atoms with Gasteiger partial charge in [-0.15, -0.1) is 0 Å². The van der Waals surface area contributed by atoms with E-state index in [4.69, 9.17) is 9.78 Å². The lowest BCUT2D eigenvalue weighted by Crippen LogP contribution is -1.99. The molecule has 0 amide bonds. The molecule has 1 aromatic carbocycles. The highest BCUT2D eigenvalue weighted by Crippen LogP contribution is 2.14. The highest BCUT2D eigenvalue weighted by molar-refractivity contribution is 5.27. The molecule has 2 rings (SSSR count). The molecule has 0 aliphatic heterocycles. The van der Waals surface area contributed by atoms with Crippen LogP contribution < -0.4 is 0 Å². The van der Waals surface area contributed by atoms with E-state index in [-0.39, 0.29) is 5.92 Å². The predicted octanol–water partition coefficient (Wildman–Crippen LogP) is 3.06. The van der Waals surface area contributed by atoms with Crippen molar-refractivity contribution in [3.63, 3.8) is 0 Å². The molecule has 1 atom stereocenters. The number of aromatic nitrogens is 2. The van der Waals surface area contributed by atoms with Crippen LogP contribution in [0.25, 0.3) is 0 Å². The van der Waals surface area contributed by atoms with Crippen molar-refractivity contribution in [3.8, 4) is 6.07 Å². The second kappa shape index (κ2) is 6.14. The molecule has 0 spiro atoms. The van der Waals surface area contributed by atoms with E-state index in [0.717, 1.165) is 0 Å². The van der Waals surface area contributed by atoms with Crippen molar-refractivity contribution >= 4 is 0 Å². The first-order chi connectivity index (χ1) is 9.19. The monoisotopic (exact) mass is 255 g/mol. The molecular formula is C15H17N3O. The van der Waals surface area contributed by atoms with E-state index in [1.54, 1.807) is 0 Å². The second-order valence-electron chi connectivity index (χ2n) is 4.88. The number of nitriles is 1. The van der Waals surface area contributed by atoms with E-state index in [0.29, 0.717) is 31.0 Å². The van der Waals surface area contributed by atoms with E-state index in [1.165, 1.54) is 11.1 Å². The van der Waals surface area contributed by atoms with E-state index in [2.05, 4.69) is 35.3 Å². The minimum Gasteiger partial charge on any atom is -0.339 e. The predicted molar refractivity (Wildman–Crippen MR) is 71.4 cm³/mol. The third-order valence-corrected chi connectivity index (χ3v) is 3.08. The minimum absolute atomic E-state index is 0.247. The van der Waals surface area contributed by atoms with Gasteiger partial charge in [-0.05, 0) is 24.0 Å². The molecule has 1 aromatic heterocycles. The molecule has 98 valence electrons. The summed E-state index contributed by atoms with van der Waals surface area (Å²) in [7, 11) is 0. The zero-order chi connectivity index (χ0) is 13.7. The lowest BCUT2D eigenvalue weighted by molar-refractivity contribution is 0.355. The molecule has 0 N–H and O–H groups in total. The van der Waals surface area contributed by atoms with Crippen LogP contribution in [0.15, 0.2) is 28.8 Å². The molecule has 0 saturated carbocycles. The van der Waals surface area contributed by atoms with Crippen LogP contribution in [0.1, 0.15) is 36.2 Å². The smallest absolute Gasteiger partial charge is 0.226 e. The third-order valence-electron chi connectivity index (χ3n) is 3.08. The van der Waals surface area contributed by atoms with E-state index in [9.17, 15) is 0 Å². The van der Waals surface area contributed by atoms with Crippen molar-refractivity contribution in [2.45, 2.75) is 33.1 Å². The van der Waals surface area contributed by atoms with Gasteiger partial charge in [0, 0.05) is 19.3 Å². The zero-order valence-corrected chi connectivity index (χ0v) is 11.3. The van der Waals surface area contributed by atoms with Gasteiger partial charge >= 0.3 is 0 Å². The van der Waals surface area contributed by atoms with E-state index in [1.807, 2.05) is 19.1 Å². The maximum absolute atomic E-state index is 8.63. The van der Waals surface area contributed by atoms with Gasteiger partial charge in [-0.1, -0.05) is 36.3 Å². The number of benzene rings is 1. The van der Waals surface area contributed by atoms with E-state index < -0.39 is 0 Å². The second-order valence-corrected chi connectivity index (χ2v) is 4.88. The fraction of sp³-hybridized carbons (Fsp3) is 0.400. The summed E-state index contributed by atoms with van der Waals surface area (Å²) in [6.45, 7) is 4.08. The Labute approximate surface area is 113 Å². The van der Waals surface area contributed by atoms with Gasteiger partial charge in [0.15, 0.2) is 5.82 Å². The molecule has 0 aliphatic rings. The van der Waals surface area contributed by atoms with Crippen LogP contribution in [0.4, 0.5) is 0 Å². The Morgan fingerprint density at radius 2 is 2.16 bits per heavy atom. The summed E-state index contributed by atoms with van der Waals surface area (Å²) < 4.78 is 5.22. The first-order valence-corrected chi connectivity index (χ1v) is 6.42. The number of hydrogen-bond donors (Lipinski definition) is 0. The van der Waals surface area contributed by atoms with Crippen molar-refractivity contribution < 1.29 is 4.52 Å². The van der Waals surface area contributed by atoms with Crippen LogP contribution in [-0.2, 0) is 12.8 Å². The molecule has 0 saturated heterocycles. The van der Waals surface area contributed by atoms with Crippen LogP contribution in [0.2, 0.25) is 0 Å². The summed E-state index contributed by atoms with van der Waals surface area (Å²) in [6.07, 6.45) is 1.85. The van der Waals surface area contributed by atoms with Gasteiger partial charge in [-0.25, -0.2) is 0 Å². The molecule has 4 heteroatoms. The topological polar surface area (TPSA) is 62.7 Å². The molecule has 0 bridgehead atoms. The maximum atomic E-state index is 8.63. The SMILES string of the molecule is Cc1ccccc1Cc1noc(CC(C)CC#N)n1. The van der Waals surface area contributed by atoms with Crippen LogP contribution >= 0.6 is 0 Å². The van der Waals surface area contributed by atoms with Crippen molar-refractivity contribution in [2.24, 2.45) is 5.92 Å². The molecule has 0 aliphatic carbocycles. The van der Waals surface area contributed by atoms with Crippen LogP contribution in [0.3, 0.4) is 0 Å². The van der Waals surface area contributed by atoms with Crippen LogP contribution in [0.5, 0.6) is 0 Å². The molecule has 0 radical (unpaired) electrons. The normalized spacial score (nSPS) is 12.1. The molecule has 4 nitrogen and oxygen atoms in total. The maximum Gasteiger partial charge on any atom is 0.226 e. The quantitative estimate of drug-likeness (QED) is 0.823. The Morgan fingerprint density at radius 1 is 1.37 bits per heavy atom. The summed E-state index contributed by atoms with van der Waals surface area (Å²) in [5.74, 6) is 1.57. The molecule has 1 unspecified atom stereocenters. The number of aryl methyl sites for hydroxylation is 1. The molecule has 2 aromatic rings. The fourth-order valence-corrected chi connectivity index (χ4v) is 1.95. The van der Waals surface area contributed by atoms with Gasteiger partial charge in [-0.2, -0.15) is 10.2 Å². The first kappa shape index (κ1) is 13.3. The van der Waals surface area contributed by atoms with Crippen LogP contribution in [-0.4, -0.2) is 10.1 Å². The van der Waals surface area contributed by atoms with Crippen molar-refractivity contribution in [2.75, 3.05) is 0 Å². The van der Waals surface area contributed by atoms with Crippen molar-refractivity contribution in [1.29, 1.82) is 5.26 Å². The Bertz CT molecular complexity index is 583. The molecular weight excluding hydrogens is 238 g/mol. The summed E-state index contributed by atoms with van der Waals surface area (Å²) >= 11 is 0. The Hall–Kier alpha value is -2.15. The Kier molecular flexibility index (Phi) is 4.30. The van der Waals surface area contributed by atoms with Crippen LogP contribution in [0, 0.1) is 24.2 Å². The van der Waals surface area contributed by atoms with Gasteiger partial charge in [0.1, 0.15) is 0 Å². The van der Waals surface area contributed by atoms with Gasteiger partial charge < -0.3 is 4.52 Å². The minimum atomic E-state index is 0.247. The highest BCUT2D eigenvalue weighted by atomic mass is 16.5. The van der Waals surface area contributed by atoms with E-state index >= 15 is 0 Å². The number of hydrogen-bond acceptors (Lipinski definition) is 4. The average Bonchev–Trinajstić information content (AvgIpc) is 2.80. The third kappa shape index (κ3) is 3.65. The van der Waals surface area contributed by atoms with Crippen molar-refractivity contribution in [3.05, 3.63) is 47.1 Å². The standard InChI is InChI=1S/C15H17N3O/c1-11(7-8-16)9-15-17-14(18-19-15)10-13-6-4-3-5-12(13)2/h3-6,11H,7,9-10H2,1-2H3. The summed E-state index contributed by atoms with van der Waals surface area (Å²) in [4.78, 5) is 4.38. The van der Waals surface area contributed by atoms with Gasteiger partial charge in [0.05, 0.1) is 6.07 Å². The van der Waals surface area contributed by atoms with Gasteiger partial charge in [-0.3, -0.25) is 0 Å². The lowest BCUT2D eigenvalue weighted by Gasteiger charge is -2.01. The number of nitrogens with zero attached hydrogens (tertiary/aromatic N) is 3. The molecule has 19 heavy (non-hydrogen) atoms. The molecule has 1 heterocycles. The van der Waals surface area contributed by atoms with Crippen molar-refractivity contribution in [1.82, 2.24) is 10.1 Å². The highest BCUT2D eigenvalue weighted by Gasteiger charge is 2.11. The average molecular weight is 255 g/mol. The van der Waals surface area contributed by atoms with Gasteiger partial charge in [0.2, 0.25) is 5.89 Å². The summed E-state index contributed by atoms with van der Waals surface area (Å²) in [5, 5.41) is 12.6. The summed E-state index contributed by atoms with van der Waals surface area (Å²) in [5.41, 5.74) is 2.44. The molecule has 0 fully saturated rings. The lowest BCUT2D eigenvalue weighted by atomic mass is 10.0. The zero-order valence-electron chi connectivity index (χ0n) is 11.3. The largest absolute Gasteiger partial charge is 0.339 e. The van der Waals surface area contributed by atoms with Gasteiger partial charge in [0.25, 0.3) is 0 Å². The number of rotatable bonds is 5. The summed E-state index contributed by atoms with van der Waals surface area (Å²) in [6, 6.07) is 10.3. The Balaban J connectivity index is 2.02.